The van der Waals surface area contributed by atoms with Gasteiger partial charge in [0.25, 0.3) is 0 Å². The first-order chi connectivity index (χ1) is 7.66. The average molecular weight is 217 g/mol. The first kappa shape index (κ1) is 10.5. The molecule has 0 unspecified atom stereocenters. The molecule has 2 N–H and O–H groups in total. The van der Waals surface area contributed by atoms with Crippen molar-refractivity contribution in [2.75, 3.05) is 5.73 Å². The Balaban J connectivity index is 2.27. The summed E-state index contributed by atoms with van der Waals surface area (Å²) in [4.78, 5) is 0. The average Bonchev–Trinajstić information content (AvgIpc) is 2.28. The fourth-order valence-corrected chi connectivity index (χ4v) is 1.37. The van der Waals surface area contributed by atoms with Gasteiger partial charge in [-0.15, -0.1) is 0 Å². The highest BCUT2D eigenvalue weighted by atomic mass is 19.1. The molecule has 0 atom stereocenters. The molecule has 0 aromatic heterocycles. The van der Waals surface area contributed by atoms with Crippen LogP contribution in [-0.2, 0) is 0 Å². The Morgan fingerprint density at radius 3 is 2.44 bits per heavy atom. The molecular formula is C13H12FNO. The van der Waals surface area contributed by atoms with Crippen molar-refractivity contribution in [3.63, 3.8) is 0 Å². The monoisotopic (exact) mass is 217 g/mol. The zero-order valence-corrected chi connectivity index (χ0v) is 8.91. The van der Waals surface area contributed by atoms with Gasteiger partial charge in [-0.3, -0.25) is 0 Å². The van der Waals surface area contributed by atoms with Crippen LogP contribution in [0.5, 0.6) is 11.5 Å². The van der Waals surface area contributed by atoms with Crippen LogP contribution >= 0.6 is 0 Å². The van der Waals surface area contributed by atoms with E-state index in [1.807, 2.05) is 19.1 Å². The zero-order valence-electron chi connectivity index (χ0n) is 8.91. The third kappa shape index (κ3) is 2.14. The van der Waals surface area contributed by atoms with E-state index in [1.54, 1.807) is 18.2 Å². The van der Waals surface area contributed by atoms with E-state index in [0.717, 1.165) is 5.56 Å². The first-order valence-corrected chi connectivity index (χ1v) is 4.95. The van der Waals surface area contributed by atoms with Crippen molar-refractivity contribution >= 4 is 5.69 Å². The van der Waals surface area contributed by atoms with E-state index in [4.69, 9.17) is 10.5 Å². The molecule has 2 aromatic carbocycles. The number of benzene rings is 2. The highest BCUT2D eigenvalue weighted by Crippen LogP contribution is 2.29. The van der Waals surface area contributed by atoms with Crippen LogP contribution in [0.25, 0.3) is 0 Å². The normalized spacial score (nSPS) is 10.1. The quantitative estimate of drug-likeness (QED) is 0.781. The molecule has 0 heterocycles. The highest BCUT2D eigenvalue weighted by Gasteiger charge is 2.03. The Kier molecular flexibility index (Phi) is 2.77. The molecule has 16 heavy (non-hydrogen) atoms. The molecule has 0 bridgehead atoms. The first-order valence-electron chi connectivity index (χ1n) is 4.95. The summed E-state index contributed by atoms with van der Waals surface area (Å²) in [5, 5.41) is 0. The number of nitrogens with two attached hydrogens (primary N) is 1. The van der Waals surface area contributed by atoms with Crippen LogP contribution in [0.2, 0.25) is 0 Å². The zero-order chi connectivity index (χ0) is 11.5. The van der Waals surface area contributed by atoms with Crippen molar-refractivity contribution in [2.24, 2.45) is 0 Å². The second-order valence-electron chi connectivity index (χ2n) is 3.54. The van der Waals surface area contributed by atoms with Gasteiger partial charge >= 0.3 is 0 Å². The van der Waals surface area contributed by atoms with Crippen LogP contribution in [0.15, 0.2) is 42.5 Å². The molecule has 82 valence electrons. The molecule has 0 aliphatic heterocycles. The lowest BCUT2D eigenvalue weighted by Crippen LogP contribution is -1.94. The standard InChI is InChI=1S/C13H12FNO/c1-9-3-2-4-12(13(9)15)16-11-7-5-10(14)6-8-11/h2-8H,15H2,1H3. The van der Waals surface area contributed by atoms with Crippen molar-refractivity contribution < 1.29 is 9.13 Å². The summed E-state index contributed by atoms with van der Waals surface area (Å²) in [7, 11) is 0. The predicted molar refractivity (Wildman–Crippen MR) is 62.1 cm³/mol. The fourth-order valence-electron chi connectivity index (χ4n) is 1.37. The van der Waals surface area contributed by atoms with Gasteiger partial charge in [-0.05, 0) is 42.8 Å². The van der Waals surface area contributed by atoms with Crippen LogP contribution in [0, 0.1) is 12.7 Å². The summed E-state index contributed by atoms with van der Waals surface area (Å²) in [5.74, 6) is 0.870. The minimum atomic E-state index is -0.287. The third-order valence-electron chi connectivity index (χ3n) is 2.33. The van der Waals surface area contributed by atoms with Crippen molar-refractivity contribution in [3.8, 4) is 11.5 Å². The maximum Gasteiger partial charge on any atom is 0.150 e. The van der Waals surface area contributed by atoms with Crippen LogP contribution in [0.1, 0.15) is 5.56 Å². The maximum absolute atomic E-state index is 12.7. The molecule has 0 radical (unpaired) electrons. The molecule has 2 rings (SSSR count). The molecule has 2 nitrogen and oxygen atoms in total. The molecule has 0 spiro atoms. The van der Waals surface area contributed by atoms with E-state index in [-0.39, 0.29) is 5.82 Å². The summed E-state index contributed by atoms with van der Waals surface area (Å²) in [6.07, 6.45) is 0. The molecule has 0 amide bonds. The largest absolute Gasteiger partial charge is 0.455 e. The smallest absolute Gasteiger partial charge is 0.150 e. The van der Waals surface area contributed by atoms with Crippen LogP contribution < -0.4 is 10.5 Å². The Labute approximate surface area is 93.5 Å². The number of ether oxygens (including phenoxy) is 1. The van der Waals surface area contributed by atoms with Crippen LogP contribution in [0.3, 0.4) is 0 Å². The number of hydrogen-bond acceptors (Lipinski definition) is 2. The summed E-state index contributed by atoms with van der Waals surface area (Å²) >= 11 is 0. The molecule has 0 saturated heterocycles. The minimum Gasteiger partial charge on any atom is -0.455 e. The lowest BCUT2D eigenvalue weighted by atomic mass is 10.2. The van der Waals surface area contributed by atoms with E-state index >= 15 is 0 Å². The van der Waals surface area contributed by atoms with Crippen molar-refractivity contribution in [1.29, 1.82) is 0 Å². The molecule has 2 aromatic rings. The summed E-state index contributed by atoms with van der Waals surface area (Å²) in [6.45, 7) is 1.91. The van der Waals surface area contributed by atoms with Crippen LogP contribution in [-0.4, -0.2) is 0 Å². The van der Waals surface area contributed by atoms with Crippen molar-refractivity contribution in [2.45, 2.75) is 6.92 Å². The molecule has 0 saturated carbocycles. The third-order valence-corrected chi connectivity index (χ3v) is 2.33. The molecule has 0 aliphatic rings. The number of hydrogen-bond donors (Lipinski definition) is 1. The van der Waals surface area contributed by atoms with E-state index in [0.29, 0.717) is 17.2 Å². The fraction of sp³-hybridized carbons (Fsp3) is 0.0769. The Morgan fingerprint density at radius 1 is 1.06 bits per heavy atom. The van der Waals surface area contributed by atoms with E-state index in [9.17, 15) is 4.39 Å². The van der Waals surface area contributed by atoms with Gasteiger partial charge in [0.05, 0.1) is 5.69 Å². The van der Waals surface area contributed by atoms with Gasteiger partial charge in [0.1, 0.15) is 11.6 Å². The number of nitrogen functional groups attached to an aromatic ring is 1. The number of rotatable bonds is 2. The van der Waals surface area contributed by atoms with Gasteiger partial charge in [-0.25, -0.2) is 4.39 Å². The van der Waals surface area contributed by atoms with Crippen molar-refractivity contribution in [1.82, 2.24) is 0 Å². The summed E-state index contributed by atoms with van der Waals surface area (Å²) in [6, 6.07) is 11.4. The Hall–Kier alpha value is -2.03. The number of halogens is 1. The van der Waals surface area contributed by atoms with Gasteiger partial charge in [0.2, 0.25) is 0 Å². The molecule has 0 fully saturated rings. The van der Waals surface area contributed by atoms with Crippen molar-refractivity contribution in [3.05, 3.63) is 53.8 Å². The lowest BCUT2D eigenvalue weighted by molar-refractivity contribution is 0.482. The SMILES string of the molecule is Cc1cccc(Oc2ccc(F)cc2)c1N. The molecular weight excluding hydrogens is 205 g/mol. The Morgan fingerprint density at radius 2 is 1.75 bits per heavy atom. The summed E-state index contributed by atoms with van der Waals surface area (Å²) < 4.78 is 18.2. The van der Waals surface area contributed by atoms with Gasteiger partial charge in [-0.2, -0.15) is 0 Å². The number of aryl methyl sites for hydroxylation is 1. The highest BCUT2D eigenvalue weighted by molar-refractivity contribution is 5.58. The maximum atomic E-state index is 12.7. The van der Waals surface area contributed by atoms with E-state index in [2.05, 4.69) is 0 Å². The Bertz CT molecular complexity index is 494. The second-order valence-corrected chi connectivity index (χ2v) is 3.54. The predicted octanol–water partition coefficient (Wildman–Crippen LogP) is 3.51. The van der Waals surface area contributed by atoms with Crippen LogP contribution in [0.4, 0.5) is 10.1 Å². The van der Waals surface area contributed by atoms with Gasteiger partial charge < -0.3 is 10.5 Å². The van der Waals surface area contributed by atoms with E-state index < -0.39 is 0 Å². The van der Waals surface area contributed by atoms with Gasteiger partial charge in [-0.1, -0.05) is 12.1 Å². The van der Waals surface area contributed by atoms with E-state index in [1.165, 1.54) is 12.1 Å². The summed E-state index contributed by atoms with van der Waals surface area (Å²) in [5.41, 5.74) is 7.42. The lowest BCUT2D eigenvalue weighted by Gasteiger charge is -2.09. The van der Waals surface area contributed by atoms with Gasteiger partial charge in [0, 0.05) is 0 Å². The minimum absolute atomic E-state index is 0.287. The number of anilines is 1. The number of para-hydroxylation sites is 1. The second kappa shape index (κ2) is 4.23. The topological polar surface area (TPSA) is 35.2 Å². The molecule has 0 aliphatic carbocycles. The van der Waals surface area contributed by atoms with Gasteiger partial charge in [0.15, 0.2) is 5.75 Å². The molecule has 3 heteroatoms.